The monoisotopic (exact) mass is 191 g/mol. The second-order valence-electron chi connectivity index (χ2n) is 2.23. The molecule has 1 aromatic heterocycles. The predicted octanol–water partition coefficient (Wildman–Crippen LogP) is 1.26. The van der Waals surface area contributed by atoms with Gasteiger partial charge in [-0.1, -0.05) is 0 Å². The van der Waals surface area contributed by atoms with Gasteiger partial charge in [-0.3, -0.25) is 9.59 Å². The van der Waals surface area contributed by atoms with E-state index in [9.17, 15) is 22.8 Å². The van der Waals surface area contributed by atoms with Crippen LogP contribution in [-0.4, -0.2) is 11.3 Å². The van der Waals surface area contributed by atoms with E-state index in [1.165, 1.54) is 0 Å². The topological polar surface area (TPSA) is 49.9 Å². The van der Waals surface area contributed by atoms with Crippen molar-refractivity contribution in [2.45, 2.75) is 6.43 Å². The van der Waals surface area contributed by atoms with Gasteiger partial charge in [-0.25, -0.2) is 13.2 Å². The van der Waals surface area contributed by atoms with Gasteiger partial charge in [0, 0.05) is 6.07 Å². The van der Waals surface area contributed by atoms with Gasteiger partial charge in [0.1, 0.15) is 5.82 Å². The number of alkyl halides is 2. The van der Waals surface area contributed by atoms with Crippen LogP contribution < -0.4 is 5.56 Å². The van der Waals surface area contributed by atoms with E-state index in [2.05, 4.69) is 0 Å². The van der Waals surface area contributed by atoms with Crippen molar-refractivity contribution in [3.05, 3.63) is 33.5 Å². The summed E-state index contributed by atoms with van der Waals surface area (Å²) in [6.07, 6.45) is -3.15. The summed E-state index contributed by atoms with van der Waals surface area (Å²) < 4.78 is 36.9. The summed E-state index contributed by atoms with van der Waals surface area (Å²) in [4.78, 5) is 22.5. The second-order valence-corrected chi connectivity index (χ2v) is 2.23. The van der Waals surface area contributed by atoms with Crippen LogP contribution in [0.2, 0.25) is 0 Å². The number of rotatable bonds is 2. The van der Waals surface area contributed by atoms with E-state index in [1.54, 1.807) is 4.98 Å². The van der Waals surface area contributed by atoms with Gasteiger partial charge >= 0.3 is 0 Å². The summed E-state index contributed by atoms with van der Waals surface area (Å²) in [5, 5.41) is 0. The lowest BCUT2D eigenvalue weighted by Crippen LogP contribution is -2.13. The van der Waals surface area contributed by atoms with Crippen LogP contribution in [0.15, 0.2) is 10.9 Å². The molecule has 1 aromatic rings. The third-order valence-electron chi connectivity index (χ3n) is 1.40. The van der Waals surface area contributed by atoms with Crippen molar-refractivity contribution in [3.63, 3.8) is 0 Å². The first-order valence-corrected chi connectivity index (χ1v) is 3.22. The van der Waals surface area contributed by atoms with Crippen molar-refractivity contribution in [1.82, 2.24) is 4.98 Å². The molecule has 0 aliphatic carbocycles. The zero-order chi connectivity index (χ0) is 10.0. The normalized spacial score (nSPS) is 10.5. The molecule has 0 bridgehead atoms. The Morgan fingerprint density at radius 2 is 2.08 bits per heavy atom. The van der Waals surface area contributed by atoms with Crippen molar-refractivity contribution in [2.24, 2.45) is 0 Å². The van der Waals surface area contributed by atoms with Crippen molar-refractivity contribution < 1.29 is 18.0 Å². The second kappa shape index (κ2) is 3.42. The molecule has 0 aliphatic heterocycles. The molecule has 0 aliphatic rings. The molecular formula is C7H4F3NO2. The first-order valence-electron chi connectivity index (χ1n) is 3.22. The molecule has 0 radical (unpaired) electrons. The Balaban J connectivity index is 3.47. The van der Waals surface area contributed by atoms with Gasteiger partial charge in [0.2, 0.25) is 0 Å². The molecule has 0 unspecified atom stereocenters. The first-order chi connectivity index (χ1) is 6.06. The molecule has 70 valence electrons. The fraction of sp³-hybridized carbons (Fsp3) is 0.143. The lowest BCUT2D eigenvalue weighted by Gasteiger charge is -2.03. The van der Waals surface area contributed by atoms with Crippen molar-refractivity contribution in [3.8, 4) is 0 Å². The standard InChI is InChI=1S/C7H4F3NO2/c8-3-1-5(13)11-4(2-12)6(3)7(9)10/h1-2,7H,(H,11,13). The molecule has 13 heavy (non-hydrogen) atoms. The SMILES string of the molecule is O=Cc1[nH]c(=O)cc(F)c1C(F)F. The third kappa shape index (κ3) is 1.77. The lowest BCUT2D eigenvalue weighted by atomic mass is 10.2. The number of hydrogen-bond acceptors (Lipinski definition) is 2. The van der Waals surface area contributed by atoms with Crippen molar-refractivity contribution in [1.29, 1.82) is 0 Å². The van der Waals surface area contributed by atoms with Gasteiger partial charge in [0.05, 0.1) is 11.3 Å². The molecule has 1 heterocycles. The smallest absolute Gasteiger partial charge is 0.268 e. The highest BCUT2D eigenvalue weighted by Gasteiger charge is 2.19. The van der Waals surface area contributed by atoms with Gasteiger partial charge in [-0.2, -0.15) is 0 Å². The van der Waals surface area contributed by atoms with Crippen LogP contribution in [0.25, 0.3) is 0 Å². The maximum absolute atomic E-state index is 12.7. The lowest BCUT2D eigenvalue weighted by molar-refractivity contribution is 0.109. The molecule has 0 aromatic carbocycles. The summed E-state index contributed by atoms with van der Waals surface area (Å²) in [5.41, 5.74) is -2.72. The van der Waals surface area contributed by atoms with Crippen LogP contribution in [-0.2, 0) is 0 Å². The number of carbonyl (C=O) groups excluding carboxylic acids is 1. The largest absolute Gasteiger partial charge is 0.319 e. The predicted molar refractivity (Wildman–Crippen MR) is 37.4 cm³/mol. The van der Waals surface area contributed by atoms with Crippen LogP contribution in [0.1, 0.15) is 22.5 Å². The van der Waals surface area contributed by atoms with E-state index in [1.807, 2.05) is 0 Å². The number of aromatic amines is 1. The Hall–Kier alpha value is -1.59. The van der Waals surface area contributed by atoms with E-state index >= 15 is 0 Å². The number of H-pyrrole nitrogens is 1. The Labute approximate surface area is 70.2 Å². The molecule has 6 heteroatoms. The highest BCUT2D eigenvalue weighted by molar-refractivity contribution is 5.74. The van der Waals surface area contributed by atoms with Gasteiger partial charge in [-0.15, -0.1) is 0 Å². The Morgan fingerprint density at radius 3 is 2.54 bits per heavy atom. The highest BCUT2D eigenvalue weighted by Crippen LogP contribution is 2.22. The average molecular weight is 191 g/mol. The Kier molecular flexibility index (Phi) is 2.50. The van der Waals surface area contributed by atoms with Crippen LogP contribution >= 0.6 is 0 Å². The van der Waals surface area contributed by atoms with Crippen LogP contribution in [0.4, 0.5) is 13.2 Å². The van der Waals surface area contributed by atoms with Gasteiger partial charge < -0.3 is 4.98 Å². The number of halogens is 3. The van der Waals surface area contributed by atoms with Crippen molar-refractivity contribution in [2.75, 3.05) is 0 Å². The number of nitrogens with one attached hydrogen (secondary N) is 1. The zero-order valence-electron chi connectivity index (χ0n) is 6.18. The van der Waals surface area contributed by atoms with E-state index in [0.717, 1.165) is 0 Å². The Morgan fingerprint density at radius 1 is 1.46 bits per heavy atom. The van der Waals surface area contributed by atoms with E-state index < -0.39 is 29.1 Å². The van der Waals surface area contributed by atoms with E-state index in [4.69, 9.17) is 0 Å². The quantitative estimate of drug-likeness (QED) is 0.715. The first kappa shape index (κ1) is 9.50. The van der Waals surface area contributed by atoms with Crippen molar-refractivity contribution >= 4 is 6.29 Å². The molecule has 0 amide bonds. The number of aromatic nitrogens is 1. The molecule has 0 saturated heterocycles. The highest BCUT2D eigenvalue weighted by atomic mass is 19.3. The third-order valence-corrected chi connectivity index (χ3v) is 1.40. The van der Waals surface area contributed by atoms with Gasteiger partial charge in [0.15, 0.2) is 6.29 Å². The molecule has 0 fully saturated rings. The summed E-state index contributed by atoms with van der Waals surface area (Å²) in [6.45, 7) is 0. The summed E-state index contributed by atoms with van der Waals surface area (Å²) in [6, 6.07) is 0.370. The van der Waals surface area contributed by atoms with Crippen LogP contribution in [0, 0.1) is 5.82 Å². The summed E-state index contributed by atoms with van der Waals surface area (Å²) >= 11 is 0. The fourth-order valence-electron chi connectivity index (χ4n) is 0.872. The molecule has 3 nitrogen and oxygen atoms in total. The zero-order valence-corrected chi connectivity index (χ0v) is 6.18. The molecule has 1 rings (SSSR count). The maximum Gasteiger partial charge on any atom is 0.268 e. The minimum absolute atomic E-state index is 0.0219. The number of aldehydes is 1. The molecule has 0 atom stereocenters. The van der Waals surface area contributed by atoms with Gasteiger partial charge in [-0.05, 0) is 0 Å². The van der Waals surface area contributed by atoms with Crippen LogP contribution in [0.3, 0.4) is 0 Å². The van der Waals surface area contributed by atoms with E-state index in [-0.39, 0.29) is 6.29 Å². The minimum atomic E-state index is -3.13. The average Bonchev–Trinajstić information content (AvgIpc) is 2.01. The minimum Gasteiger partial charge on any atom is -0.319 e. The number of pyridine rings is 1. The fourth-order valence-corrected chi connectivity index (χ4v) is 0.872. The number of carbonyl (C=O) groups is 1. The Bertz CT molecular complexity index is 386. The van der Waals surface area contributed by atoms with E-state index in [0.29, 0.717) is 6.07 Å². The number of hydrogen-bond donors (Lipinski definition) is 1. The molecule has 1 N–H and O–H groups in total. The van der Waals surface area contributed by atoms with Gasteiger partial charge in [0.25, 0.3) is 12.0 Å². The molecule has 0 saturated carbocycles. The summed E-state index contributed by atoms with van der Waals surface area (Å²) in [5.74, 6) is -1.37. The maximum atomic E-state index is 12.7. The molecule has 0 spiro atoms. The van der Waals surface area contributed by atoms with Crippen LogP contribution in [0.5, 0.6) is 0 Å². The molecular weight excluding hydrogens is 187 g/mol. The summed E-state index contributed by atoms with van der Waals surface area (Å²) in [7, 11) is 0.